The number of amides is 3. The van der Waals surface area contributed by atoms with Crippen molar-refractivity contribution in [3.8, 4) is 0 Å². The largest absolute Gasteiger partial charge is 0.440 e. The smallest absolute Gasteiger partial charge is 0.410 e. The number of carbonyl (C=O) groups excluding carboxylic acids is 2. The number of fused-ring (bicyclic) bond motifs is 2. The normalized spacial score (nSPS) is 22.0. The zero-order valence-corrected chi connectivity index (χ0v) is 17.8. The summed E-state index contributed by atoms with van der Waals surface area (Å²) in [6.07, 6.45) is 2.71. The van der Waals surface area contributed by atoms with Gasteiger partial charge < -0.3 is 19.9 Å². The molecule has 1 unspecified atom stereocenters. The molecule has 3 saturated heterocycles. The molecule has 0 bridgehead atoms. The van der Waals surface area contributed by atoms with Gasteiger partial charge in [-0.3, -0.25) is 4.90 Å². The number of para-hydroxylation sites is 1. The Kier molecular flexibility index (Phi) is 5.07. The molecule has 3 amide bonds. The van der Waals surface area contributed by atoms with Crippen molar-refractivity contribution in [1.29, 1.82) is 0 Å². The molecule has 168 valence electrons. The lowest BCUT2D eigenvalue weighted by Gasteiger charge is -2.45. The van der Waals surface area contributed by atoms with Crippen LogP contribution in [0.25, 0.3) is 0 Å². The molecule has 1 N–H and O–H groups in total. The Bertz CT molecular complexity index is 1040. The molecule has 4 heterocycles. The summed E-state index contributed by atoms with van der Waals surface area (Å²) in [6, 6.07) is 7.35. The molecule has 1 aromatic heterocycles. The molecule has 1 spiro atoms. The Morgan fingerprint density at radius 3 is 2.72 bits per heavy atom. The van der Waals surface area contributed by atoms with Crippen molar-refractivity contribution < 1.29 is 18.7 Å². The molecule has 3 aliphatic rings. The molecule has 5 rings (SSSR count). The topological polar surface area (TPSA) is 90.9 Å². The van der Waals surface area contributed by atoms with E-state index in [1.165, 1.54) is 12.1 Å². The fraction of sp³-hybridized carbons (Fsp3) is 0.455. The number of hydrogen-bond acceptors (Lipinski definition) is 6. The van der Waals surface area contributed by atoms with E-state index in [1.807, 2.05) is 13.0 Å². The maximum atomic E-state index is 14.0. The number of benzene rings is 1. The number of hydrogen-bond donors (Lipinski definition) is 1. The number of halogens is 1. The lowest BCUT2D eigenvalue weighted by Crippen LogP contribution is -2.61. The zero-order valence-electron chi connectivity index (χ0n) is 17.8. The highest BCUT2D eigenvalue weighted by Gasteiger charge is 2.57. The van der Waals surface area contributed by atoms with E-state index in [-0.39, 0.29) is 23.9 Å². The predicted octanol–water partition coefficient (Wildman–Crippen LogP) is 2.63. The number of ether oxygens (including phenoxy) is 1. The van der Waals surface area contributed by atoms with Crippen LogP contribution in [0, 0.1) is 12.7 Å². The maximum absolute atomic E-state index is 14.0. The summed E-state index contributed by atoms with van der Waals surface area (Å²) in [5, 5.41) is 2.64. The number of anilines is 2. The number of piperidine rings is 1. The van der Waals surface area contributed by atoms with Crippen LogP contribution < -0.4 is 10.2 Å². The standard InChI is InChI=1S/C22H25FN6O3/c1-15-24-9-6-19(25-15)27-10-7-22(8-11-27)18-14-28(12-13-29(18)21(31)32-22)20(30)26-17-5-3-2-4-16(17)23/h2-6,9,18H,7-8,10-14H2,1H3,(H,26,30). The first-order valence-corrected chi connectivity index (χ1v) is 10.8. The molecule has 1 aromatic carbocycles. The first kappa shape index (κ1) is 20.5. The molecule has 0 radical (unpaired) electrons. The summed E-state index contributed by atoms with van der Waals surface area (Å²) in [6.45, 7) is 4.34. The van der Waals surface area contributed by atoms with Crippen molar-refractivity contribution in [3.05, 3.63) is 48.2 Å². The van der Waals surface area contributed by atoms with E-state index in [2.05, 4.69) is 20.2 Å². The van der Waals surface area contributed by atoms with Gasteiger partial charge in [-0.1, -0.05) is 12.1 Å². The number of nitrogens with zero attached hydrogens (tertiary/aromatic N) is 5. The summed E-state index contributed by atoms with van der Waals surface area (Å²) in [5.41, 5.74) is -0.506. The highest BCUT2D eigenvalue weighted by atomic mass is 19.1. The van der Waals surface area contributed by atoms with Gasteiger partial charge in [-0.2, -0.15) is 0 Å². The molecular weight excluding hydrogens is 415 g/mol. The van der Waals surface area contributed by atoms with Gasteiger partial charge in [0.1, 0.15) is 23.1 Å². The second-order valence-corrected chi connectivity index (χ2v) is 8.45. The van der Waals surface area contributed by atoms with Crippen molar-refractivity contribution in [2.24, 2.45) is 0 Å². The summed E-state index contributed by atoms with van der Waals surface area (Å²) in [5.74, 6) is 1.09. The van der Waals surface area contributed by atoms with E-state index in [4.69, 9.17) is 4.74 Å². The van der Waals surface area contributed by atoms with Gasteiger partial charge in [-0.25, -0.2) is 23.9 Å². The molecule has 9 nitrogen and oxygen atoms in total. The Morgan fingerprint density at radius 1 is 1.19 bits per heavy atom. The minimum absolute atomic E-state index is 0.141. The van der Waals surface area contributed by atoms with Gasteiger partial charge in [0, 0.05) is 51.8 Å². The number of nitrogens with one attached hydrogen (secondary N) is 1. The van der Waals surface area contributed by atoms with Crippen molar-refractivity contribution in [2.75, 3.05) is 42.9 Å². The van der Waals surface area contributed by atoms with E-state index in [1.54, 1.807) is 28.1 Å². The molecule has 3 aliphatic heterocycles. The number of carbonyl (C=O) groups is 2. The molecule has 0 saturated carbocycles. The summed E-state index contributed by atoms with van der Waals surface area (Å²) in [4.78, 5) is 39.6. The third-order valence-corrected chi connectivity index (χ3v) is 6.61. The van der Waals surface area contributed by atoms with Crippen molar-refractivity contribution in [3.63, 3.8) is 0 Å². The first-order chi connectivity index (χ1) is 15.4. The predicted molar refractivity (Wildman–Crippen MR) is 115 cm³/mol. The molecular formula is C22H25FN6O3. The van der Waals surface area contributed by atoms with Gasteiger partial charge >= 0.3 is 12.1 Å². The molecule has 32 heavy (non-hydrogen) atoms. The quantitative estimate of drug-likeness (QED) is 0.772. The van der Waals surface area contributed by atoms with Crippen LogP contribution in [0.1, 0.15) is 18.7 Å². The Balaban J connectivity index is 1.29. The van der Waals surface area contributed by atoms with Crippen LogP contribution >= 0.6 is 0 Å². The number of piperazine rings is 1. The van der Waals surface area contributed by atoms with Crippen LogP contribution in [0.3, 0.4) is 0 Å². The second-order valence-electron chi connectivity index (χ2n) is 8.45. The summed E-state index contributed by atoms with van der Waals surface area (Å²) >= 11 is 0. The van der Waals surface area contributed by atoms with Crippen molar-refractivity contribution in [2.45, 2.75) is 31.4 Å². The number of aryl methyl sites for hydroxylation is 1. The molecule has 1 atom stereocenters. The van der Waals surface area contributed by atoms with Gasteiger partial charge in [-0.15, -0.1) is 0 Å². The van der Waals surface area contributed by atoms with E-state index >= 15 is 0 Å². The molecule has 2 aromatic rings. The minimum atomic E-state index is -0.646. The molecule has 3 fully saturated rings. The van der Waals surface area contributed by atoms with Gasteiger partial charge in [0.2, 0.25) is 0 Å². The Morgan fingerprint density at radius 2 is 1.97 bits per heavy atom. The third kappa shape index (κ3) is 3.59. The monoisotopic (exact) mass is 440 g/mol. The molecule has 0 aliphatic carbocycles. The number of rotatable bonds is 2. The van der Waals surface area contributed by atoms with E-state index in [0.29, 0.717) is 51.4 Å². The fourth-order valence-corrected chi connectivity index (χ4v) is 4.86. The van der Waals surface area contributed by atoms with Gasteiger partial charge in [-0.05, 0) is 25.1 Å². The zero-order chi connectivity index (χ0) is 22.3. The van der Waals surface area contributed by atoms with Crippen LogP contribution in [0.15, 0.2) is 36.5 Å². The van der Waals surface area contributed by atoms with Gasteiger partial charge in [0.25, 0.3) is 0 Å². The van der Waals surface area contributed by atoms with Crippen LogP contribution in [-0.2, 0) is 4.74 Å². The van der Waals surface area contributed by atoms with Crippen molar-refractivity contribution >= 4 is 23.6 Å². The lowest BCUT2D eigenvalue weighted by molar-refractivity contribution is 0.000744. The minimum Gasteiger partial charge on any atom is -0.440 e. The van der Waals surface area contributed by atoms with Crippen molar-refractivity contribution in [1.82, 2.24) is 19.8 Å². The van der Waals surface area contributed by atoms with Crippen LogP contribution in [0.5, 0.6) is 0 Å². The summed E-state index contributed by atoms with van der Waals surface area (Å²) < 4.78 is 19.9. The highest BCUT2D eigenvalue weighted by Crippen LogP contribution is 2.41. The van der Waals surface area contributed by atoms with E-state index in [0.717, 1.165) is 5.82 Å². The van der Waals surface area contributed by atoms with Crippen LogP contribution in [0.4, 0.5) is 25.5 Å². The first-order valence-electron chi connectivity index (χ1n) is 10.8. The number of aromatic nitrogens is 2. The average molecular weight is 440 g/mol. The Labute approximate surface area is 185 Å². The highest BCUT2D eigenvalue weighted by molar-refractivity contribution is 5.89. The van der Waals surface area contributed by atoms with Gasteiger partial charge in [0.15, 0.2) is 0 Å². The fourth-order valence-electron chi connectivity index (χ4n) is 4.86. The average Bonchev–Trinajstić information content (AvgIpc) is 3.06. The van der Waals surface area contributed by atoms with E-state index in [9.17, 15) is 14.0 Å². The number of urea groups is 1. The third-order valence-electron chi connectivity index (χ3n) is 6.61. The maximum Gasteiger partial charge on any atom is 0.410 e. The van der Waals surface area contributed by atoms with Crippen LogP contribution in [0.2, 0.25) is 0 Å². The van der Waals surface area contributed by atoms with Gasteiger partial charge in [0.05, 0.1) is 11.7 Å². The molecule has 10 heteroatoms. The van der Waals surface area contributed by atoms with Crippen LogP contribution in [-0.4, -0.2) is 76.3 Å². The summed E-state index contributed by atoms with van der Waals surface area (Å²) in [7, 11) is 0. The lowest BCUT2D eigenvalue weighted by atomic mass is 9.83. The Hall–Kier alpha value is -3.43. The van der Waals surface area contributed by atoms with E-state index < -0.39 is 11.4 Å². The second kappa shape index (κ2) is 7.92. The SMILES string of the molecule is Cc1nccc(N2CCC3(CC2)OC(=O)N2CCN(C(=O)Nc4ccccc4F)CC23)n1.